The highest BCUT2D eigenvalue weighted by atomic mass is 127. The first-order valence-electron chi connectivity index (χ1n) is 3.35. The quantitative estimate of drug-likeness (QED) is 0.506. The van der Waals surface area contributed by atoms with Gasteiger partial charge in [-0.05, 0) is 47.2 Å². The molecule has 0 atom stereocenters. The van der Waals surface area contributed by atoms with Gasteiger partial charge >= 0.3 is 6.18 Å². The monoisotopic (exact) mass is 304 g/mol. The lowest BCUT2D eigenvalue weighted by molar-refractivity contribution is -0.137. The van der Waals surface area contributed by atoms with Crippen molar-refractivity contribution in [2.75, 3.05) is 0 Å². The largest absolute Gasteiger partial charge is 0.416 e. The van der Waals surface area contributed by atoms with Crippen molar-refractivity contribution in [3.05, 3.63) is 32.6 Å². The molecule has 0 aliphatic carbocycles. The van der Waals surface area contributed by atoms with Gasteiger partial charge in [-0.25, -0.2) is 4.39 Å². The van der Waals surface area contributed by atoms with Crippen molar-refractivity contribution in [2.45, 2.75) is 13.1 Å². The summed E-state index contributed by atoms with van der Waals surface area (Å²) in [6.07, 6.45) is -4.48. The zero-order chi connectivity index (χ0) is 10.2. The topological polar surface area (TPSA) is 0 Å². The number of hydrogen-bond donors (Lipinski definition) is 0. The molecule has 0 heterocycles. The van der Waals surface area contributed by atoms with Gasteiger partial charge in [0.2, 0.25) is 0 Å². The van der Waals surface area contributed by atoms with E-state index in [0.29, 0.717) is 6.07 Å². The zero-order valence-electron chi connectivity index (χ0n) is 6.54. The lowest BCUT2D eigenvalue weighted by Gasteiger charge is -2.08. The summed E-state index contributed by atoms with van der Waals surface area (Å²) in [6, 6.07) is 1.44. The fourth-order valence-corrected chi connectivity index (χ4v) is 1.40. The highest BCUT2D eigenvalue weighted by molar-refractivity contribution is 14.1. The van der Waals surface area contributed by atoms with Crippen LogP contribution in [0, 0.1) is 16.3 Å². The van der Waals surface area contributed by atoms with E-state index in [1.54, 1.807) is 22.6 Å². The molecule has 1 rings (SSSR count). The Hall–Kier alpha value is -0.330. The minimum absolute atomic E-state index is 0.244. The van der Waals surface area contributed by atoms with Crippen LogP contribution < -0.4 is 0 Å². The molecule has 0 unspecified atom stereocenters. The average Bonchev–Trinajstić information content (AvgIpc) is 1.97. The Morgan fingerprint density at radius 1 is 1.23 bits per heavy atom. The van der Waals surface area contributed by atoms with Gasteiger partial charge in [0.25, 0.3) is 0 Å². The van der Waals surface area contributed by atoms with Crippen LogP contribution in [0.3, 0.4) is 0 Å². The summed E-state index contributed by atoms with van der Waals surface area (Å²) < 4.78 is 49.5. The van der Waals surface area contributed by atoms with Crippen LogP contribution in [0.15, 0.2) is 12.1 Å². The van der Waals surface area contributed by atoms with Gasteiger partial charge in [-0.2, -0.15) is 13.2 Å². The van der Waals surface area contributed by atoms with Gasteiger partial charge in [0, 0.05) is 3.57 Å². The van der Waals surface area contributed by atoms with Gasteiger partial charge in [-0.1, -0.05) is 0 Å². The van der Waals surface area contributed by atoms with Crippen molar-refractivity contribution in [3.63, 3.8) is 0 Å². The molecule has 0 spiro atoms. The highest BCUT2D eigenvalue weighted by Gasteiger charge is 2.31. The van der Waals surface area contributed by atoms with Crippen molar-refractivity contribution in [3.8, 4) is 0 Å². The molecule has 0 saturated heterocycles. The predicted octanol–water partition coefficient (Wildman–Crippen LogP) is 3.76. The summed E-state index contributed by atoms with van der Waals surface area (Å²) in [7, 11) is 0. The number of benzene rings is 1. The molecule has 13 heavy (non-hydrogen) atoms. The number of hydrogen-bond acceptors (Lipinski definition) is 0. The van der Waals surface area contributed by atoms with Crippen LogP contribution in [0.1, 0.15) is 11.1 Å². The molecule has 0 radical (unpaired) electrons. The molecule has 5 heteroatoms. The molecule has 0 aliphatic heterocycles. The Bertz CT molecular complexity index is 306. The fourth-order valence-electron chi connectivity index (χ4n) is 0.809. The Morgan fingerprint density at radius 2 is 1.77 bits per heavy atom. The second-order valence-electron chi connectivity index (χ2n) is 2.56. The third kappa shape index (κ3) is 2.32. The molecular weight excluding hydrogens is 299 g/mol. The molecule has 0 N–H and O–H groups in total. The second-order valence-corrected chi connectivity index (χ2v) is 3.72. The van der Waals surface area contributed by atoms with E-state index in [2.05, 4.69) is 0 Å². The lowest BCUT2D eigenvalue weighted by atomic mass is 10.1. The van der Waals surface area contributed by atoms with Crippen molar-refractivity contribution >= 4 is 22.6 Å². The number of rotatable bonds is 0. The molecule has 0 saturated carbocycles. The molecule has 0 bridgehead atoms. The summed E-state index contributed by atoms with van der Waals surface area (Å²) in [5.41, 5.74) is -0.700. The first kappa shape index (κ1) is 10.7. The minimum Gasteiger partial charge on any atom is -0.207 e. The molecule has 0 amide bonds. The van der Waals surface area contributed by atoms with Crippen LogP contribution >= 0.6 is 22.6 Å². The van der Waals surface area contributed by atoms with Crippen LogP contribution in [0.5, 0.6) is 0 Å². The van der Waals surface area contributed by atoms with Gasteiger partial charge < -0.3 is 0 Å². The highest BCUT2D eigenvalue weighted by Crippen LogP contribution is 2.31. The second kappa shape index (κ2) is 3.43. The minimum atomic E-state index is -4.48. The summed E-state index contributed by atoms with van der Waals surface area (Å²) in [6.45, 7) is 1.44. The maximum Gasteiger partial charge on any atom is 0.416 e. The van der Waals surface area contributed by atoms with Crippen molar-refractivity contribution in [2.24, 2.45) is 0 Å². The molecular formula is C8H5F4I. The normalized spacial score (nSPS) is 11.8. The van der Waals surface area contributed by atoms with E-state index in [1.807, 2.05) is 0 Å². The fraction of sp³-hybridized carbons (Fsp3) is 0.250. The Kier molecular flexibility index (Phi) is 2.84. The van der Waals surface area contributed by atoms with E-state index in [4.69, 9.17) is 0 Å². The Balaban J connectivity index is 3.29. The lowest BCUT2D eigenvalue weighted by Crippen LogP contribution is -2.06. The van der Waals surface area contributed by atoms with E-state index >= 15 is 0 Å². The SMILES string of the molecule is Cc1c(F)cc(C(F)(F)F)cc1I. The third-order valence-electron chi connectivity index (χ3n) is 1.61. The first-order valence-corrected chi connectivity index (χ1v) is 4.43. The summed E-state index contributed by atoms with van der Waals surface area (Å²) in [5, 5.41) is 0. The van der Waals surface area contributed by atoms with E-state index in [0.717, 1.165) is 6.07 Å². The van der Waals surface area contributed by atoms with Gasteiger partial charge in [-0.3, -0.25) is 0 Å². The number of halogens is 5. The Labute approximate surface area is 86.1 Å². The zero-order valence-corrected chi connectivity index (χ0v) is 8.70. The van der Waals surface area contributed by atoms with Crippen LogP contribution in [0.25, 0.3) is 0 Å². The Morgan fingerprint density at radius 3 is 2.15 bits per heavy atom. The third-order valence-corrected chi connectivity index (χ3v) is 2.73. The molecule has 0 aromatic heterocycles. The standard InChI is InChI=1S/C8H5F4I/c1-4-6(9)2-5(3-7(4)13)8(10,11)12/h2-3H,1H3. The van der Waals surface area contributed by atoms with Crippen molar-refractivity contribution in [1.29, 1.82) is 0 Å². The maximum atomic E-state index is 12.9. The van der Waals surface area contributed by atoms with Crippen molar-refractivity contribution < 1.29 is 17.6 Å². The first-order chi connectivity index (χ1) is 5.82. The van der Waals surface area contributed by atoms with E-state index in [1.165, 1.54) is 6.92 Å². The predicted molar refractivity (Wildman–Crippen MR) is 48.9 cm³/mol. The van der Waals surface area contributed by atoms with E-state index in [-0.39, 0.29) is 9.13 Å². The molecule has 1 aromatic rings. The van der Waals surface area contributed by atoms with E-state index in [9.17, 15) is 17.6 Å². The van der Waals surface area contributed by atoms with Gasteiger partial charge in [-0.15, -0.1) is 0 Å². The molecule has 0 aliphatic rings. The number of alkyl halides is 3. The van der Waals surface area contributed by atoms with Gasteiger partial charge in [0.05, 0.1) is 5.56 Å². The maximum absolute atomic E-state index is 12.9. The van der Waals surface area contributed by atoms with Gasteiger partial charge in [0.15, 0.2) is 0 Å². The summed E-state index contributed by atoms with van der Waals surface area (Å²) in [4.78, 5) is 0. The molecule has 0 nitrogen and oxygen atoms in total. The van der Waals surface area contributed by atoms with Crippen molar-refractivity contribution in [1.82, 2.24) is 0 Å². The average molecular weight is 304 g/mol. The molecule has 72 valence electrons. The van der Waals surface area contributed by atoms with Crippen LogP contribution in [0.4, 0.5) is 17.6 Å². The van der Waals surface area contributed by atoms with Gasteiger partial charge in [0.1, 0.15) is 5.82 Å². The molecule has 0 fully saturated rings. The summed E-state index contributed by atoms with van der Waals surface area (Å²) >= 11 is 1.68. The van der Waals surface area contributed by atoms with Crippen LogP contribution in [-0.2, 0) is 6.18 Å². The smallest absolute Gasteiger partial charge is 0.207 e. The molecule has 1 aromatic carbocycles. The van der Waals surface area contributed by atoms with E-state index < -0.39 is 17.6 Å². The van der Waals surface area contributed by atoms with Crippen LogP contribution in [0.2, 0.25) is 0 Å². The van der Waals surface area contributed by atoms with Crippen LogP contribution in [-0.4, -0.2) is 0 Å². The summed E-state index contributed by atoms with van der Waals surface area (Å²) in [5.74, 6) is -0.820.